The van der Waals surface area contributed by atoms with Crippen LogP contribution >= 0.6 is 0 Å². The Bertz CT molecular complexity index is 572. The van der Waals surface area contributed by atoms with Gasteiger partial charge in [0.15, 0.2) is 0 Å². The van der Waals surface area contributed by atoms with E-state index in [-0.39, 0.29) is 29.9 Å². The molecule has 2 saturated heterocycles. The number of piperidine rings is 1. The first-order chi connectivity index (χ1) is 12.0. The summed E-state index contributed by atoms with van der Waals surface area (Å²) >= 11 is 0. The average Bonchev–Trinajstić information content (AvgIpc) is 2.92. The number of rotatable bonds is 2. The molecule has 0 spiro atoms. The van der Waals surface area contributed by atoms with Crippen LogP contribution in [0.15, 0.2) is 0 Å². The maximum absolute atomic E-state index is 13.4. The Hall–Kier alpha value is -1.59. The molecule has 2 aliphatic heterocycles. The molecule has 4 amide bonds. The topological polar surface area (TPSA) is 69.7 Å². The predicted molar refractivity (Wildman–Crippen MR) is 90.5 cm³/mol. The minimum absolute atomic E-state index is 0.0459. The van der Waals surface area contributed by atoms with Gasteiger partial charge in [0.25, 0.3) is 0 Å². The number of likely N-dealkylation sites (tertiary alicyclic amines) is 1. The fraction of sp³-hybridized carbons (Fsp3) is 0.842. The van der Waals surface area contributed by atoms with E-state index >= 15 is 0 Å². The van der Waals surface area contributed by atoms with Crippen LogP contribution in [0.5, 0.6) is 0 Å². The van der Waals surface area contributed by atoms with Crippen LogP contribution in [0.4, 0.5) is 4.79 Å². The van der Waals surface area contributed by atoms with Gasteiger partial charge in [-0.1, -0.05) is 0 Å². The zero-order valence-corrected chi connectivity index (χ0v) is 14.7. The Kier molecular flexibility index (Phi) is 3.41. The maximum atomic E-state index is 13.4. The smallest absolute Gasteiger partial charge is 0.324 e. The fourth-order valence-electron chi connectivity index (χ4n) is 6.84. The molecule has 6 aliphatic rings. The molecule has 6 nitrogen and oxygen atoms in total. The summed E-state index contributed by atoms with van der Waals surface area (Å²) in [4.78, 5) is 40.5. The van der Waals surface area contributed by atoms with Crippen LogP contribution in [-0.4, -0.2) is 53.3 Å². The Morgan fingerprint density at radius 1 is 0.960 bits per heavy atom. The van der Waals surface area contributed by atoms with Crippen LogP contribution in [0.3, 0.4) is 0 Å². The molecular formula is C19H27N3O3. The first-order valence-electron chi connectivity index (χ1n) is 9.93. The second kappa shape index (κ2) is 5.45. The second-order valence-corrected chi connectivity index (χ2v) is 9.14. The van der Waals surface area contributed by atoms with Crippen molar-refractivity contribution < 1.29 is 14.4 Å². The molecule has 0 unspecified atom stereocenters. The minimum atomic E-state index is -0.268. The Balaban J connectivity index is 1.26. The minimum Gasteiger partial charge on any atom is -0.342 e. The first-order valence-corrected chi connectivity index (χ1v) is 9.93. The van der Waals surface area contributed by atoms with Crippen LogP contribution in [0.1, 0.15) is 51.4 Å². The highest BCUT2D eigenvalue weighted by Crippen LogP contribution is 2.60. The van der Waals surface area contributed by atoms with Gasteiger partial charge in [0.2, 0.25) is 11.8 Å². The lowest BCUT2D eigenvalue weighted by atomic mass is 9.49. The summed E-state index contributed by atoms with van der Waals surface area (Å²) in [6, 6.07) is -0.314. The van der Waals surface area contributed by atoms with Crippen LogP contribution < -0.4 is 5.32 Å². The molecule has 25 heavy (non-hydrogen) atoms. The van der Waals surface area contributed by atoms with Crippen molar-refractivity contribution in [1.82, 2.24) is 15.1 Å². The van der Waals surface area contributed by atoms with E-state index in [1.54, 1.807) is 0 Å². The van der Waals surface area contributed by atoms with E-state index < -0.39 is 0 Å². The summed E-state index contributed by atoms with van der Waals surface area (Å²) in [5.41, 5.74) is -0.0809. The summed E-state index contributed by atoms with van der Waals surface area (Å²) in [5, 5.41) is 2.60. The molecule has 6 fully saturated rings. The number of nitrogens with zero attached hydrogens (tertiary/aromatic N) is 2. The lowest BCUT2D eigenvalue weighted by Crippen LogP contribution is -2.57. The maximum Gasteiger partial charge on any atom is 0.324 e. The van der Waals surface area contributed by atoms with Gasteiger partial charge < -0.3 is 10.2 Å². The SMILES string of the molecule is O=C1CNC(=O)N1C1CCN(C(=O)C23CC4CC(CC(C4)C2)C3)CC1. The van der Waals surface area contributed by atoms with Crippen LogP contribution in [0.2, 0.25) is 0 Å². The molecule has 2 heterocycles. The fourth-order valence-corrected chi connectivity index (χ4v) is 6.84. The second-order valence-electron chi connectivity index (χ2n) is 9.14. The molecule has 4 saturated carbocycles. The third-order valence-electron chi connectivity index (χ3n) is 7.49. The highest BCUT2D eigenvalue weighted by atomic mass is 16.2. The molecule has 6 rings (SSSR count). The first kappa shape index (κ1) is 15.6. The standard InChI is InChI=1S/C19H27N3O3/c23-16-11-20-18(25)22(16)15-1-3-21(4-2-15)17(24)19-8-12-5-13(9-19)7-14(6-12)10-19/h12-15H,1-11H2,(H,20,25). The van der Waals surface area contributed by atoms with Gasteiger partial charge in [-0.3, -0.25) is 14.5 Å². The van der Waals surface area contributed by atoms with Crippen LogP contribution in [0.25, 0.3) is 0 Å². The van der Waals surface area contributed by atoms with Gasteiger partial charge in [0, 0.05) is 19.1 Å². The average molecular weight is 345 g/mol. The number of hydrogen-bond acceptors (Lipinski definition) is 3. The number of urea groups is 1. The van der Waals surface area contributed by atoms with Gasteiger partial charge in [-0.2, -0.15) is 0 Å². The van der Waals surface area contributed by atoms with E-state index in [9.17, 15) is 14.4 Å². The van der Waals surface area contributed by atoms with Gasteiger partial charge in [-0.15, -0.1) is 0 Å². The Labute approximate surface area is 148 Å². The van der Waals surface area contributed by atoms with Crippen molar-refractivity contribution in [3.05, 3.63) is 0 Å². The lowest BCUT2D eigenvalue weighted by Gasteiger charge is -2.57. The van der Waals surface area contributed by atoms with Gasteiger partial charge in [-0.05, 0) is 69.1 Å². The Morgan fingerprint density at radius 3 is 2.00 bits per heavy atom. The van der Waals surface area contributed by atoms with Gasteiger partial charge in [0.05, 0.1) is 12.0 Å². The van der Waals surface area contributed by atoms with E-state index in [2.05, 4.69) is 5.32 Å². The number of amides is 4. The summed E-state index contributed by atoms with van der Waals surface area (Å²) in [5.74, 6) is 2.58. The highest BCUT2D eigenvalue weighted by Gasteiger charge is 2.55. The van der Waals surface area contributed by atoms with E-state index in [0.29, 0.717) is 19.0 Å². The lowest BCUT2D eigenvalue weighted by molar-refractivity contribution is -0.159. The third kappa shape index (κ3) is 2.40. The predicted octanol–water partition coefficient (Wildman–Crippen LogP) is 1.75. The molecule has 0 atom stereocenters. The summed E-state index contributed by atoms with van der Waals surface area (Å²) in [7, 11) is 0. The number of carbonyl (C=O) groups excluding carboxylic acids is 3. The quantitative estimate of drug-likeness (QED) is 0.775. The van der Waals surface area contributed by atoms with E-state index in [1.807, 2.05) is 4.90 Å². The van der Waals surface area contributed by atoms with Crippen molar-refractivity contribution in [2.75, 3.05) is 19.6 Å². The molecule has 0 aromatic carbocycles. The van der Waals surface area contributed by atoms with Crippen molar-refractivity contribution in [2.45, 2.75) is 57.4 Å². The summed E-state index contributed by atoms with van der Waals surface area (Å²) in [6.45, 7) is 1.48. The van der Waals surface area contributed by atoms with Crippen molar-refractivity contribution in [2.24, 2.45) is 23.2 Å². The third-order valence-corrected chi connectivity index (χ3v) is 7.49. The Morgan fingerprint density at radius 2 is 1.52 bits per heavy atom. The van der Waals surface area contributed by atoms with E-state index in [4.69, 9.17) is 0 Å². The van der Waals surface area contributed by atoms with Crippen LogP contribution in [0, 0.1) is 23.2 Å². The number of nitrogens with one attached hydrogen (secondary N) is 1. The molecule has 4 aliphatic carbocycles. The molecule has 136 valence electrons. The number of carbonyl (C=O) groups is 3. The number of imide groups is 1. The zero-order chi connectivity index (χ0) is 17.2. The zero-order valence-electron chi connectivity index (χ0n) is 14.7. The number of hydrogen-bond donors (Lipinski definition) is 1. The molecule has 0 aromatic rings. The van der Waals surface area contributed by atoms with Gasteiger partial charge in [0.1, 0.15) is 0 Å². The molecule has 4 bridgehead atoms. The van der Waals surface area contributed by atoms with Crippen molar-refractivity contribution >= 4 is 17.8 Å². The highest BCUT2D eigenvalue weighted by molar-refractivity contribution is 6.02. The summed E-state index contributed by atoms with van der Waals surface area (Å²) < 4.78 is 0. The summed E-state index contributed by atoms with van der Waals surface area (Å²) in [6.07, 6.45) is 8.79. The van der Waals surface area contributed by atoms with Gasteiger partial charge >= 0.3 is 6.03 Å². The largest absolute Gasteiger partial charge is 0.342 e. The molecule has 6 heteroatoms. The molecule has 1 N–H and O–H groups in total. The van der Waals surface area contributed by atoms with Crippen molar-refractivity contribution in [1.29, 1.82) is 0 Å². The molecule has 0 radical (unpaired) electrons. The van der Waals surface area contributed by atoms with Crippen LogP contribution in [-0.2, 0) is 9.59 Å². The van der Waals surface area contributed by atoms with E-state index in [1.165, 1.54) is 24.2 Å². The van der Waals surface area contributed by atoms with Crippen molar-refractivity contribution in [3.63, 3.8) is 0 Å². The monoisotopic (exact) mass is 345 g/mol. The molecule has 0 aromatic heterocycles. The normalized spacial score (nSPS) is 40.7. The molecular weight excluding hydrogens is 318 g/mol. The van der Waals surface area contributed by atoms with Crippen molar-refractivity contribution in [3.8, 4) is 0 Å². The van der Waals surface area contributed by atoms with E-state index in [0.717, 1.165) is 49.9 Å². The van der Waals surface area contributed by atoms with Gasteiger partial charge in [-0.25, -0.2) is 4.79 Å².